The third-order valence-electron chi connectivity index (χ3n) is 7.21. The van der Waals surface area contributed by atoms with E-state index in [1.54, 1.807) is 10.7 Å². The number of nitrogens with zero attached hydrogens (tertiary/aromatic N) is 5. The molecule has 1 amide bonds. The van der Waals surface area contributed by atoms with Gasteiger partial charge in [-0.05, 0) is 50.7 Å². The predicted molar refractivity (Wildman–Crippen MR) is 143 cm³/mol. The van der Waals surface area contributed by atoms with Crippen LogP contribution < -0.4 is 10.6 Å². The standard InChI is InChI=1S/C27H35N7O3/c1-3-18(7-4-5-12-35)31-27(36)21-16-30-34-24(28-2)15-23(32-26(21)34)22-17-33(19-9-13-37-14-10-19)25-20(22)8-6-11-29-25/h6,8,11,15-19,28,35H,3-5,7,9-10,12-14H2,1-2H3,(H,31,36). The van der Waals surface area contributed by atoms with Crippen molar-refractivity contribution in [3.8, 4) is 11.3 Å². The minimum Gasteiger partial charge on any atom is -0.396 e. The van der Waals surface area contributed by atoms with Gasteiger partial charge >= 0.3 is 0 Å². The van der Waals surface area contributed by atoms with Gasteiger partial charge in [0.15, 0.2) is 5.65 Å². The van der Waals surface area contributed by atoms with Crippen molar-refractivity contribution >= 4 is 28.4 Å². The summed E-state index contributed by atoms with van der Waals surface area (Å²) in [6.45, 7) is 3.71. The van der Waals surface area contributed by atoms with E-state index in [0.29, 0.717) is 17.3 Å². The highest BCUT2D eigenvalue weighted by molar-refractivity contribution is 6.01. The van der Waals surface area contributed by atoms with Crippen LogP contribution in [0.3, 0.4) is 0 Å². The maximum absolute atomic E-state index is 13.3. The molecule has 3 N–H and O–H groups in total. The molecular weight excluding hydrogens is 470 g/mol. The van der Waals surface area contributed by atoms with Crippen molar-refractivity contribution in [1.82, 2.24) is 29.5 Å². The molecule has 1 aliphatic rings. The number of aliphatic hydroxyl groups excluding tert-OH is 1. The minimum absolute atomic E-state index is 0.0319. The first-order valence-corrected chi connectivity index (χ1v) is 13.2. The fourth-order valence-corrected chi connectivity index (χ4v) is 5.11. The Morgan fingerprint density at radius 1 is 1.27 bits per heavy atom. The van der Waals surface area contributed by atoms with E-state index in [4.69, 9.17) is 19.8 Å². The van der Waals surface area contributed by atoms with Gasteiger partial charge in [-0.15, -0.1) is 0 Å². The number of anilines is 1. The number of pyridine rings is 1. The van der Waals surface area contributed by atoms with Crippen LogP contribution in [0.1, 0.15) is 61.8 Å². The summed E-state index contributed by atoms with van der Waals surface area (Å²) in [4.78, 5) is 22.9. The number of hydrogen-bond donors (Lipinski definition) is 3. The van der Waals surface area contributed by atoms with Crippen LogP contribution in [0.2, 0.25) is 0 Å². The number of fused-ring (bicyclic) bond motifs is 2. The van der Waals surface area contributed by atoms with Gasteiger partial charge in [0.2, 0.25) is 0 Å². The fourth-order valence-electron chi connectivity index (χ4n) is 5.11. The Hall–Kier alpha value is -3.50. The van der Waals surface area contributed by atoms with Gasteiger partial charge in [-0.1, -0.05) is 6.92 Å². The van der Waals surface area contributed by atoms with Gasteiger partial charge in [0.25, 0.3) is 5.91 Å². The topological polar surface area (TPSA) is 119 Å². The second-order valence-electron chi connectivity index (χ2n) is 9.54. The van der Waals surface area contributed by atoms with Crippen LogP contribution in [0.5, 0.6) is 0 Å². The van der Waals surface area contributed by atoms with Crippen LogP contribution in [0.25, 0.3) is 27.9 Å². The van der Waals surface area contributed by atoms with E-state index in [1.165, 1.54) is 0 Å². The monoisotopic (exact) mass is 505 g/mol. The number of carbonyl (C=O) groups excluding carboxylic acids is 1. The van der Waals surface area contributed by atoms with Gasteiger partial charge < -0.3 is 25.0 Å². The molecular formula is C27H35N7O3. The number of carbonyl (C=O) groups is 1. The Morgan fingerprint density at radius 2 is 2.11 bits per heavy atom. The molecule has 5 heterocycles. The summed E-state index contributed by atoms with van der Waals surface area (Å²) in [5, 5.41) is 20.9. The number of nitrogens with one attached hydrogen (secondary N) is 2. The molecule has 10 nitrogen and oxygen atoms in total. The minimum atomic E-state index is -0.191. The van der Waals surface area contributed by atoms with Crippen LogP contribution >= 0.6 is 0 Å². The lowest BCUT2D eigenvalue weighted by molar-refractivity contribution is 0.0706. The molecule has 5 rings (SSSR count). The van der Waals surface area contributed by atoms with Gasteiger partial charge in [-0.25, -0.2) is 9.97 Å². The van der Waals surface area contributed by atoms with Crippen LogP contribution in [0.4, 0.5) is 5.82 Å². The summed E-state index contributed by atoms with van der Waals surface area (Å²) in [6.07, 6.45) is 10.7. The van der Waals surface area contributed by atoms with Crippen molar-refractivity contribution in [3.05, 3.63) is 42.4 Å². The number of amides is 1. The second kappa shape index (κ2) is 11.3. The first-order valence-electron chi connectivity index (χ1n) is 13.2. The largest absolute Gasteiger partial charge is 0.396 e. The van der Waals surface area contributed by atoms with Gasteiger partial charge in [-0.3, -0.25) is 4.79 Å². The zero-order valence-corrected chi connectivity index (χ0v) is 21.5. The molecule has 4 aromatic heterocycles. The zero-order chi connectivity index (χ0) is 25.8. The molecule has 0 bridgehead atoms. The Morgan fingerprint density at radius 3 is 2.86 bits per heavy atom. The molecule has 37 heavy (non-hydrogen) atoms. The van der Waals surface area contributed by atoms with E-state index in [-0.39, 0.29) is 18.6 Å². The average molecular weight is 506 g/mol. The molecule has 0 spiro atoms. The van der Waals surface area contributed by atoms with Crippen molar-refractivity contribution in [2.45, 2.75) is 57.5 Å². The van der Waals surface area contributed by atoms with E-state index in [2.05, 4.69) is 39.5 Å². The number of hydrogen-bond acceptors (Lipinski definition) is 7. The van der Waals surface area contributed by atoms with Crippen LogP contribution in [0, 0.1) is 0 Å². The molecule has 1 atom stereocenters. The van der Waals surface area contributed by atoms with Crippen molar-refractivity contribution in [2.24, 2.45) is 0 Å². The van der Waals surface area contributed by atoms with Crippen molar-refractivity contribution in [2.75, 3.05) is 32.2 Å². The van der Waals surface area contributed by atoms with Gasteiger partial charge in [-0.2, -0.15) is 9.61 Å². The number of aliphatic hydroxyl groups is 1. The van der Waals surface area contributed by atoms with Gasteiger partial charge in [0.05, 0.1) is 11.9 Å². The number of aromatic nitrogens is 5. The molecule has 1 aliphatic heterocycles. The Labute approximate surface area is 216 Å². The Bertz CT molecular complexity index is 1370. The second-order valence-corrected chi connectivity index (χ2v) is 9.54. The summed E-state index contributed by atoms with van der Waals surface area (Å²) in [5.74, 6) is 0.550. The number of unbranched alkanes of at least 4 members (excludes halogenated alkanes) is 1. The highest BCUT2D eigenvalue weighted by Gasteiger charge is 2.23. The number of rotatable bonds is 10. The highest BCUT2D eigenvalue weighted by atomic mass is 16.5. The van der Waals surface area contributed by atoms with Gasteiger partial charge in [0.1, 0.15) is 17.0 Å². The fraction of sp³-hybridized carbons (Fsp3) is 0.481. The summed E-state index contributed by atoms with van der Waals surface area (Å²) >= 11 is 0. The SMILES string of the molecule is CCC(CCCCO)NC(=O)c1cnn2c(NC)cc(-c3cn(C4CCOCC4)c4ncccc34)nc12. The lowest BCUT2D eigenvalue weighted by Crippen LogP contribution is -2.34. The molecule has 0 aliphatic carbocycles. The third kappa shape index (κ3) is 5.03. The van der Waals surface area contributed by atoms with Gasteiger partial charge in [0, 0.05) is 68.4 Å². The average Bonchev–Trinajstić information content (AvgIpc) is 3.55. The molecule has 0 saturated carbocycles. The molecule has 10 heteroatoms. The normalized spacial score (nSPS) is 15.3. The summed E-state index contributed by atoms with van der Waals surface area (Å²) in [5.41, 5.74) is 3.59. The summed E-state index contributed by atoms with van der Waals surface area (Å²) < 4.78 is 9.50. The molecule has 1 saturated heterocycles. The Kier molecular flexibility index (Phi) is 7.66. The zero-order valence-electron chi connectivity index (χ0n) is 21.5. The molecule has 0 aromatic carbocycles. The molecule has 196 valence electrons. The molecule has 0 radical (unpaired) electrons. The highest BCUT2D eigenvalue weighted by Crippen LogP contribution is 2.34. The van der Waals surface area contributed by atoms with Crippen LogP contribution in [-0.4, -0.2) is 68.1 Å². The first kappa shape index (κ1) is 25.2. The van der Waals surface area contributed by atoms with E-state index >= 15 is 0 Å². The number of ether oxygens (including phenoxy) is 1. The lowest BCUT2D eigenvalue weighted by Gasteiger charge is -2.24. The van der Waals surface area contributed by atoms with E-state index < -0.39 is 0 Å². The quantitative estimate of drug-likeness (QED) is 0.281. The smallest absolute Gasteiger partial charge is 0.256 e. The van der Waals surface area contributed by atoms with Crippen molar-refractivity contribution < 1.29 is 14.6 Å². The molecule has 4 aromatic rings. The predicted octanol–water partition coefficient (Wildman–Crippen LogP) is 3.81. The summed E-state index contributed by atoms with van der Waals surface area (Å²) in [7, 11) is 1.83. The van der Waals surface area contributed by atoms with Crippen LogP contribution in [0.15, 0.2) is 36.8 Å². The molecule has 1 fully saturated rings. The maximum Gasteiger partial charge on any atom is 0.256 e. The van der Waals surface area contributed by atoms with Crippen molar-refractivity contribution in [1.29, 1.82) is 0 Å². The first-order chi connectivity index (χ1) is 18.1. The summed E-state index contributed by atoms with van der Waals surface area (Å²) in [6, 6.07) is 6.32. The van der Waals surface area contributed by atoms with E-state index in [0.717, 1.165) is 79.8 Å². The van der Waals surface area contributed by atoms with E-state index in [1.807, 2.05) is 25.4 Å². The third-order valence-corrected chi connectivity index (χ3v) is 7.21. The van der Waals surface area contributed by atoms with E-state index in [9.17, 15) is 4.79 Å². The lowest BCUT2D eigenvalue weighted by atomic mass is 10.1. The molecule has 1 unspecified atom stereocenters. The Balaban J connectivity index is 1.54. The maximum atomic E-state index is 13.3. The van der Waals surface area contributed by atoms with Crippen molar-refractivity contribution in [3.63, 3.8) is 0 Å². The van der Waals surface area contributed by atoms with Crippen LogP contribution in [-0.2, 0) is 4.74 Å².